The lowest BCUT2D eigenvalue weighted by atomic mass is 9.79. The van der Waals surface area contributed by atoms with Gasteiger partial charge in [-0.25, -0.2) is 18.4 Å². The van der Waals surface area contributed by atoms with Crippen molar-refractivity contribution in [2.45, 2.75) is 83.5 Å². The van der Waals surface area contributed by atoms with E-state index >= 15 is 0 Å². The lowest BCUT2D eigenvalue weighted by molar-refractivity contribution is -0.215. The van der Waals surface area contributed by atoms with Crippen molar-refractivity contribution >= 4 is 22.8 Å². The molecule has 5 rings (SSSR count). The first-order valence-electron chi connectivity index (χ1n) is 13.5. The summed E-state index contributed by atoms with van der Waals surface area (Å²) in [5.74, 6) is -3.76. The summed E-state index contributed by atoms with van der Waals surface area (Å²) in [5, 5.41) is 12.7. The maximum absolute atomic E-state index is 13.8. The number of hydrogen-bond acceptors (Lipinski definition) is 6. The van der Waals surface area contributed by atoms with Crippen LogP contribution < -0.4 is 10.6 Å². The minimum atomic E-state index is -4.55. The number of aromatic nitrogens is 4. The van der Waals surface area contributed by atoms with Crippen molar-refractivity contribution in [1.82, 2.24) is 30.9 Å². The van der Waals surface area contributed by atoms with Crippen molar-refractivity contribution in [3.05, 3.63) is 41.0 Å². The molecule has 0 aliphatic heterocycles. The highest BCUT2D eigenvalue weighted by Gasteiger charge is 2.49. The van der Waals surface area contributed by atoms with Crippen LogP contribution in [0.2, 0.25) is 0 Å². The predicted octanol–water partition coefficient (Wildman–Crippen LogP) is 5.71. The maximum atomic E-state index is 13.8. The fraction of sp³-hybridized carbons (Fsp3) is 0.593. The van der Waals surface area contributed by atoms with Crippen molar-refractivity contribution in [2.75, 3.05) is 0 Å². The van der Waals surface area contributed by atoms with Crippen molar-refractivity contribution < 1.29 is 36.2 Å². The number of alkyl halides is 5. The van der Waals surface area contributed by atoms with Gasteiger partial charge in [-0.1, -0.05) is 25.1 Å². The van der Waals surface area contributed by atoms with E-state index in [1.165, 1.54) is 6.92 Å². The Hall–Kier alpha value is -3.58. The lowest BCUT2D eigenvalue weighted by Crippen LogP contribution is -2.39. The molecule has 0 radical (unpaired) electrons. The molecule has 0 unspecified atom stereocenters. The van der Waals surface area contributed by atoms with Crippen LogP contribution in [0.25, 0.3) is 11.0 Å². The van der Waals surface area contributed by atoms with Crippen LogP contribution in [0.1, 0.15) is 92.0 Å². The number of imidazole rings is 1. The smallest absolute Gasteiger partial charge is 0.349 e. The molecular weight excluding hydrogens is 551 g/mol. The predicted molar refractivity (Wildman–Crippen MR) is 136 cm³/mol. The monoisotopic (exact) mass is 582 g/mol. The van der Waals surface area contributed by atoms with Gasteiger partial charge in [-0.05, 0) is 60.9 Å². The van der Waals surface area contributed by atoms with Gasteiger partial charge in [0.25, 0.3) is 5.91 Å². The van der Waals surface area contributed by atoms with Gasteiger partial charge < -0.3 is 15.6 Å². The van der Waals surface area contributed by atoms with E-state index < -0.39 is 35.9 Å². The third-order valence-electron chi connectivity index (χ3n) is 7.93. The number of rotatable bonds is 10. The standard InChI is InChI=1S/C27H31F5N6O3/c1-13-21(38-41-37-13)24(40)35-19(12-25(2,3)27(30,31)32)23-33-17-7-6-16(9-18(17)34-23)22(15-4-5-15)36-20(39)8-14-10-26(28,29)11-14/h6-7,9,14-15,19,22H,4-5,8,10-12H2,1-3H3,(H,33,34)(H,35,40)(H,36,39)/t19-,22+/m0/s1. The van der Waals surface area contributed by atoms with Gasteiger partial charge in [0.15, 0.2) is 5.69 Å². The van der Waals surface area contributed by atoms with E-state index in [-0.39, 0.29) is 60.3 Å². The molecule has 0 spiro atoms. The molecule has 41 heavy (non-hydrogen) atoms. The molecule has 2 fully saturated rings. The molecule has 0 saturated heterocycles. The molecule has 2 aromatic heterocycles. The quantitative estimate of drug-likeness (QED) is 0.263. The summed E-state index contributed by atoms with van der Waals surface area (Å²) in [6, 6.07) is 3.75. The van der Waals surface area contributed by atoms with Crippen LogP contribution in [0.4, 0.5) is 22.0 Å². The number of carbonyl (C=O) groups is 2. The van der Waals surface area contributed by atoms with Gasteiger partial charge in [-0.2, -0.15) is 13.2 Å². The summed E-state index contributed by atoms with van der Waals surface area (Å²) < 4.78 is 72.4. The summed E-state index contributed by atoms with van der Waals surface area (Å²) in [6.45, 7) is 3.58. The number of fused-ring (bicyclic) bond motifs is 1. The fourth-order valence-electron chi connectivity index (χ4n) is 5.24. The molecule has 2 atom stereocenters. The number of nitrogens with zero attached hydrogens (tertiary/aromatic N) is 3. The molecule has 2 saturated carbocycles. The molecule has 3 N–H and O–H groups in total. The number of aryl methyl sites for hydroxylation is 1. The maximum Gasteiger partial charge on any atom is 0.394 e. The van der Waals surface area contributed by atoms with E-state index in [1.807, 2.05) is 0 Å². The van der Waals surface area contributed by atoms with Crippen LogP contribution >= 0.6 is 0 Å². The molecule has 1 aromatic carbocycles. The van der Waals surface area contributed by atoms with Gasteiger partial charge in [-0.3, -0.25) is 9.59 Å². The highest BCUT2D eigenvalue weighted by molar-refractivity contribution is 5.93. The highest BCUT2D eigenvalue weighted by atomic mass is 19.4. The zero-order chi connectivity index (χ0) is 29.7. The highest BCUT2D eigenvalue weighted by Crippen LogP contribution is 2.46. The Kier molecular flexibility index (Phi) is 7.31. The van der Waals surface area contributed by atoms with Crippen LogP contribution in [0, 0.1) is 24.2 Å². The van der Waals surface area contributed by atoms with E-state index in [2.05, 4.69) is 35.5 Å². The summed E-state index contributed by atoms with van der Waals surface area (Å²) in [5.41, 5.74) is -0.388. The van der Waals surface area contributed by atoms with Crippen LogP contribution in [-0.4, -0.2) is 44.2 Å². The Morgan fingerprint density at radius 3 is 2.44 bits per heavy atom. The first-order chi connectivity index (χ1) is 19.1. The fourth-order valence-corrected chi connectivity index (χ4v) is 5.24. The molecular formula is C27H31F5N6O3. The average Bonchev–Trinajstić information content (AvgIpc) is 3.45. The molecule has 9 nitrogen and oxygen atoms in total. The van der Waals surface area contributed by atoms with Gasteiger partial charge in [0.1, 0.15) is 11.5 Å². The molecule has 2 aliphatic carbocycles. The summed E-state index contributed by atoms with van der Waals surface area (Å²) in [6.07, 6.45) is -3.80. The number of carbonyl (C=O) groups excluding carboxylic acids is 2. The number of amides is 2. The second kappa shape index (κ2) is 10.4. The second-order valence-electron chi connectivity index (χ2n) is 11.9. The van der Waals surface area contributed by atoms with Crippen LogP contribution in [0.5, 0.6) is 0 Å². The Labute approximate surface area is 232 Å². The van der Waals surface area contributed by atoms with Crippen molar-refractivity contribution in [3.63, 3.8) is 0 Å². The van der Waals surface area contributed by atoms with Crippen molar-refractivity contribution in [3.8, 4) is 0 Å². The third-order valence-corrected chi connectivity index (χ3v) is 7.93. The van der Waals surface area contributed by atoms with Gasteiger partial charge in [0.2, 0.25) is 11.8 Å². The Balaban J connectivity index is 1.38. The zero-order valence-corrected chi connectivity index (χ0v) is 22.7. The summed E-state index contributed by atoms with van der Waals surface area (Å²) in [4.78, 5) is 33.0. The largest absolute Gasteiger partial charge is 0.394 e. The van der Waals surface area contributed by atoms with Crippen LogP contribution in [0.3, 0.4) is 0 Å². The van der Waals surface area contributed by atoms with Gasteiger partial charge in [0.05, 0.1) is 28.5 Å². The summed E-state index contributed by atoms with van der Waals surface area (Å²) in [7, 11) is 0. The normalized spacial score (nSPS) is 19.0. The zero-order valence-electron chi connectivity index (χ0n) is 22.7. The Morgan fingerprint density at radius 1 is 1.15 bits per heavy atom. The number of benzene rings is 1. The number of hydrogen-bond donors (Lipinski definition) is 3. The first kappa shape index (κ1) is 28.9. The van der Waals surface area contributed by atoms with Crippen LogP contribution in [0.15, 0.2) is 22.8 Å². The Morgan fingerprint density at radius 2 is 1.85 bits per heavy atom. The van der Waals surface area contributed by atoms with E-state index in [4.69, 9.17) is 0 Å². The van der Waals surface area contributed by atoms with Crippen molar-refractivity contribution in [1.29, 1.82) is 0 Å². The molecule has 14 heteroatoms. The second-order valence-corrected chi connectivity index (χ2v) is 11.9. The van der Waals surface area contributed by atoms with E-state index in [0.29, 0.717) is 11.0 Å². The minimum Gasteiger partial charge on any atom is -0.349 e. The van der Waals surface area contributed by atoms with Gasteiger partial charge >= 0.3 is 6.18 Å². The molecule has 3 aromatic rings. The Bertz CT molecular complexity index is 1440. The lowest BCUT2D eigenvalue weighted by Gasteiger charge is -2.34. The molecule has 2 heterocycles. The van der Waals surface area contributed by atoms with E-state index in [1.54, 1.807) is 18.2 Å². The van der Waals surface area contributed by atoms with Gasteiger partial charge in [-0.15, -0.1) is 0 Å². The SMILES string of the molecule is Cc1nonc1C(=O)N[C@@H](CC(C)(C)C(F)(F)F)c1nc2ccc([C@H](NC(=O)CC3CC(F)(F)C3)C3CC3)cc2[nH]1. The molecule has 0 bridgehead atoms. The first-order valence-corrected chi connectivity index (χ1v) is 13.5. The topological polar surface area (TPSA) is 126 Å². The van der Waals surface area contributed by atoms with Crippen molar-refractivity contribution in [2.24, 2.45) is 17.3 Å². The van der Waals surface area contributed by atoms with E-state index in [0.717, 1.165) is 32.3 Å². The van der Waals surface area contributed by atoms with E-state index in [9.17, 15) is 31.5 Å². The average molecular weight is 583 g/mol. The number of halogens is 5. The van der Waals surface area contributed by atoms with Crippen LogP contribution in [-0.2, 0) is 4.79 Å². The summed E-state index contributed by atoms with van der Waals surface area (Å²) >= 11 is 0. The number of aromatic amines is 1. The number of nitrogens with one attached hydrogen (secondary N) is 3. The molecule has 2 amide bonds. The molecule has 2 aliphatic rings. The van der Waals surface area contributed by atoms with Gasteiger partial charge in [0, 0.05) is 19.3 Å². The number of H-pyrrole nitrogens is 1. The molecule has 222 valence electrons. The third kappa shape index (κ3) is 6.35. The minimum absolute atomic E-state index is 0.0339.